The largest absolute Gasteiger partial charge is 0.497 e. The molecular weight excluding hydrogens is 410 g/mol. The van der Waals surface area contributed by atoms with Gasteiger partial charge in [0.1, 0.15) is 5.75 Å². The SMILES string of the molecule is COCCNC(=O)CN1CCN(CC(=O)N2CCN(Cc3ccc(OC)cc3)CC2)CC1. The summed E-state index contributed by atoms with van der Waals surface area (Å²) in [6.45, 7) is 9.40. The molecule has 1 N–H and O–H groups in total. The van der Waals surface area contributed by atoms with Gasteiger partial charge in [0.15, 0.2) is 0 Å². The van der Waals surface area contributed by atoms with Crippen molar-refractivity contribution in [1.82, 2.24) is 24.9 Å². The van der Waals surface area contributed by atoms with Crippen molar-refractivity contribution in [3.63, 3.8) is 0 Å². The highest BCUT2D eigenvalue weighted by Gasteiger charge is 2.25. The second-order valence-electron chi connectivity index (χ2n) is 8.40. The van der Waals surface area contributed by atoms with E-state index in [4.69, 9.17) is 9.47 Å². The van der Waals surface area contributed by atoms with E-state index in [9.17, 15) is 9.59 Å². The van der Waals surface area contributed by atoms with Crippen LogP contribution in [0.15, 0.2) is 24.3 Å². The molecule has 0 saturated carbocycles. The van der Waals surface area contributed by atoms with Crippen molar-refractivity contribution in [2.75, 3.05) is 92.8 Å². The van der Waals surface area contributed by atoms with Crippen LogP contribution in [0.5, 0.6) is 5.75 Å². The maximum absolute atomic E-state index is 12.8. The fourth-order valence-corrected chi connectivity index (χ4v) is 4.09. The van der Waals surface area contributed by atoms with Crippen molar-refractivity contribution >= 4 is 11.8 Å². The Morgan fingerprint density at radius 1 is 0.844 bits per heavy atom. The Labute approximate surface area is 191 Å². The molecule has 2 amide bonds. The fourth-order valence-electron chi connectivity index (χ4n) is 4.09. The lowest BCUT2D eigenvalue weighted by Crippen LogP contribution is -2.54. The van der Waals surface area contributed by atoms with Crippen LogP contribution in [0, 0.1) is 0 Å². The molecule has 1 aromatic rings. The molecule has 178 valence electrons. The standard InChI is InChI=1S/C23H37N5O4/c1-31-16-7-24-22(29)18-26-8-10-27(11-9-26)19-23(30)28-14-12-25(13-15-28)17-20-3-5-21(32-2)6-4-20/h3-6H,7-19H2,1-2H3,(H,24,29). The van der Waals surface area contributed by atoms with Crippen molar-refractivity contribution in [3.05, 3.63) is 29.8 Å². The summed E-state index contributed by atoms with van der Waals surface area (Å²) in [6.07, 6.45) is 0. The van der Waals surface area contributed by atoms with E-state index in [0.29, 0.717) is 26.2 Å². The van der Waals surface area contributed by atoms with Crippen LogP contribution in [0.3, 0.4) is 0 Å². The van der Waals surface area contributed by atoms with E-state index in [1.807, 2.05) is 17.0 Å². The van der Waals surface area contributed by atoms with Crippen molar-refractivity contribution in [2.24, 2.45) is 0 Å². The molecule has 2 saturated heterocycles. The minimum atomic E-state index is 0.0269. The Morgan fingerprint density at radius 3 is 2.03 bits per heavy atom. The van der Waals surface area contributed by atoms with Crippen LogP contribution in [-0.2, 0) is 20.9 Å². The number of hydrogen-bond acceptors (Lipinski definition) is 7. The number of rotatable bonds is 10. The summed E-state index contributed by atoms with van der Waals surface area (Å²) in [4.78, 5) is 33.4. The highest BCUT2D eigenvalue weighted by molar-refractivity contribution is 5.78. The number of hydrogen-bond donors (Lipinski definition) is 1. The highest BCUT2D eigenvalue weighted by Crippen LogP contribution is 2.14. The van der Waals surface area contributed by atoms with Gasteiger partial charge in [-0.25, -0.2) is 0 Å². The molecule has 32 heavy (non-hydrogen) atoms. The van der Waals surface area contributed by atoms with Crippen LogP contribution in [0.2, 0.25) is 0 Å². The normalized spacial score (nSPS) is 18.5. The molecule has 0 aliphatic carbocycles. The molecule has 9 nitrogen and oxygen atoms in total. The topological polar surface area (TPSA) is 77.6 Å². The van der Waals surface area contributed by atoms with Crippen molar-refractivity contribution < 1.29 is 19.1 Å². The number of methoxy groups -OCH3 is 2. The smallest absolute Gasteiger partial charge is 0.236 e. The molecule has 3 rings (SSSR count). The van der Waals surface area contributed by atoms with Crippen LogP contribution < -0.4 is 10.1 Å². The lowest BCUT2D eigenvalue weighted by molar-refractivity contribution is -0.135. The number of nitrogens with one attached hydrogen (secondary N) is 1. The first-order valence-corrected chi connectivity index (χ1v) is 11.4. The molecule has 2 heterocycles. The van der Waals surface area contributed by atoms with E-state index in [-0.39, 0.29) is 11.8 Å². The summed E-state index contributed by atoms with van der Waals surface area (Å²) >= 11 is 0. The molecule has 0 unspecified atom stereocenters. The maximum Gasteiger partial charge on any atom is 0.236 e. The third-order valence-corrected chi connectivity index (χ3v) is 6.11. The maximum atomic E-state index is 12.8. The minimum Gasteiger partial charge on any atom is -0.497 e. The average molecular weight is 448 g/mol. The first-order valence-electron chi connectivity index (χ1n) is 11.4. The third kappa shape index (κ3) is 7.74. The summed E-state index contributed by atoms with van der Waals surface area (Å²) in [5.41, 5.74) is 1.26. The summed E-state index contributed by atoms with van der Waals surface area (Å²) in [7, 11) is 3.30. The fraction of sp³-hybridized carbons (Fsp3) is 0.652. The molecule has 1 aromatic carbocycles. The van der Waals surface area contributed by atoms with E-state index in [1.165, 1.54) is 5.56 Å². The van der Waals surface area contributed by atoms with Crippen molar-refractivity contribution in [3.8, 4) is 5.75 Å². The zero-order valence-corrected chi connectivity index (χ0v) is 19.4. The van der Waals surface area contributed by atoms with Crippen molar-refractivity contribution in [2.45, 2.75) is 6.54 Å². The number of benzene rings is 1. The van der Waals surface area contributed by atoms with Gasteiger partial charge in [-0.2, -0.15) is 0 Å². The van der Waals surface area contributed by atoms with Crippen LogP contribution in [-0.4, -0.2) is 124 Å². The quantitative estimate of drug-likeness (QED) is 0.495. The van der Waals surface area contributed by atoms with Crippen LogP contribution in [0.4, 0.5) is 0 Å². The molecule has 9 heteroatoms. The number of carbonyl (C=O) groups is 2. The number of amides is 2. The van der Waals surface area contributed by atoms with Gasteiger partial charge < -0.3 is 19.7 Å². The van der Waals surface area contributed by atoms with E-state index < -0.39 is 0 Å². The summed E-state index contributed by atoms with van der Waals surface area (Å²) in [6, 6.07) is 8.17. The number of ether oxygens (including phenoxy) is 2. The second-order valence-corrected chi connectivity index (χ2v) is 8.40. The third-order valence-electron chi connectivity index (χ3n) is 6.11. The van der Waals surface area contributed by atoms with Gasteiger partial charge in [0.25, 0.3) is 0 Å². The van der Waals surface area contributed by atoms with E-state index in [1.54, 1.807) is 14.2 Å². The number of nitrogens with zero attached hydrogens (tertiary/aromatic N) is 4. The molecule has 0 radical (unpaired) electrons. The van der Waals surface area contributed by atoms with Crippen LogP contribution >= 0.6 is 0 Å². The first kappa shape index (κ1) is 24.4. The lowest BCUT2D eigenvalue weighted by atomic mass is 10.2. The molecule has 2 aliphatic rings. The van der Waals surface area contributed by atoms with Gasteiger partial charge in [-0.3, -0.25) is 24.3 Å². The molecule has 0 aromatic heterocycles. The monoisotopic (exact) mass is 447 g/mol. The highest BCUT2D eigenvalue weighted by atomic mass is 16.5. The predicted octanol–water partition coefficient (Wildman–Crippen LogP) is -0.280. The second kappa shape index (κ2) is 12.7. The molecular formula is C23H37N5O4. The van der Waals surface area contributed by atoms with Gasteiger partial charge in [0.05, 0.1) is 26.8 Å². The molecule has 0 spiro atoms. The van der Waals surface area contributed by atoms with Crippen LogP contribution in [0.25, 0.3) is 0 Å². The van der Waals surface area contributed by atoms with Gasteiger partial charge in [-0.1, -0.05) is 12.1 Å². The Bertz CT molecular complexity index is 714. The zero-order valence-electron chi connectivity index (χ0n) is 19.4. The first-order chi connectivity index (χ1) is 15.6. The lowest BCUT2D eigenvalue weighted by Gasteiger charge is -2.38. The van der Waals surface area contributed by atoms with Gasteiger partial charge in [-0.15, -0.1) is 0 Å². The van der Waals surface area contributed by atoms with Gasteiger partial charge in [-0.05, 0) is 17.7 Å². The number of carbonyl (C=O) groups excluding carboxylic acids is 2. The summed E-state index contributed by atoms with van der Waals surface area (Å²) < 4.78 is 10.2. The Morgan fingerprint density at radius 2 is 1.44 bits per heavy atom. The summed E-state index contributed by atoms with van der Waals surface area (Å²) in [5.74, 6) is 1.11. The van der Waals surface area contributed by atoms with Gasteiger partial charge in [0.2, 0.25) is 11.8 Å². The van der Waals surface area contributed by atoms with E-state index in [0.717, 1.165) is 64.7 Å². The zero-order chi connectivity index (χ0) is 22.8. The number of piperazine rings is 2. The van der Waals surface area contributed by atoms with Crippen molar-refractivity contribution in [1.29, 1.82) is 0 Å². The average Bonchev–Trinajstić information content (AvgIpc) is 2.81. The van der Waals surface area contributed by atoms with E-state index in [2.05, 4.69) is 32.1 Å². The summed E-state index contributed by atoms with van der Waals surface area (Å²) in [5, 5.41) is 2.85. The van der Waals surface area contributed by atoms with Gasteiger partial charge >= 0.3 is 0 Å². The molecule has 0 atom stereocenters. The molecule has 2 fully saturated rings. The molecule has 2 aliphatic heterocycles. The minimum absolute atomic E-state index is 0.0269. The van der Waals surface area contributed by atoms with E-state index >= 15 is 0 Å². The Balaban J connectivity index is 1.31. The van der Waals surface area contributed by atoms with Crippen LogP contribution in [0.1, 0.15) is 5.56 Å². The molecule has 0 bridgehead atoms. The predicted molar refractivity (Wildman–Crippen MR) is 123 cm³/mol. The Hall–Kier alpha value is -2.20. The Kier molecular flexibility index (Phi) is 9.73. The van der Waals surface area contributed by atoms with Gasteiger partial charge in [0, 0.05) is 72.6 Å².